The Labute approximate surface area is 146 Å². The van der Waals surface area contributed by atoms with Gasteiger partial charge in [0.05, 0.1) is 17.3 Å². The molecule has 3 rings (SSSR count). The van der Waals surface area contributed by atoms with Gasteiger partial charge in [0.15, 0.2) is 9.84 Å². The molecular formula is C15H23N3O4S2. The zero-order valence-corrected chi connectivity index (χ0v) is 15.4. The second-order valence-electron chi connectivity index (χ2n) is 6.81. The van der Waals surface area contributed by atoms with Gasteiger partial charge in [-0.05, 0) is 31.1 Å². The zero-order valence-electron chi connectivity index (χ0n) is 13.8. The van der Waals surface area contributed by atoms with Gasteiger partial charge in [-0.15, -0.1) is 10.2 Å². The number of likely N-dealkylation sites (tertiary alicyclic amines) is 1. The molecular weight excluding hydrogens is 350 g/mol. The van der Waals surface area contributed by atoms with Crippen molar-refractivity contribution < 1.29 is 17.6 Å². The van der Waals surface area contributed by atoms with E-state index in [1.165, 1.54) is 18.2 Å². The summed E-state index contributed by atoms with van der Waals surface area (Å²) in [5, 5.41) is 8.30. The van der Waals surface area contributed by atoms with Crippen LogP contribution in [0.3, 0.4) is 0 Å². The van der Waals surface area contributed by atoms with E-state index >= 15 is 0 Å². The molecule has 0 spiro atoms. The molecule has 2 saturated heterocycles. The lowest BCUT2D eigenvalue weighted by Gasteiger charge is -2.30. The molecule has 3 heterocycles. The Kier molecular flexibility index (Phi) is 5.49. The maximum absolute atomic E-state index is 12.2. The predicted molar refractivity (Wildman–Crippen MR) is 90.5 cm³/mol. The van der Waals surface area contributed by atoms with E-state index in [0.717, 1.165) is 19.5 Å². The first-order valence-electron chi connectivity index (χ1n) is 8.34. The van der Waals surface area contributed by atoms with Gasteiger partial charge in [0.25, 0.3) is 5.22 Å². The Hall–Kier alpha value is -1.09. The molecule has 0 bridgehead atoms. The summed E-state index contributed by atoms with van der Waals surface area (Å²) in [6.07, 6.45) is 3.39. The van der Waals surface area contributed by atoms with E-state index in [1.54, 1.807) is 0 Å². The van der Waals surface area contributed by atoms with Crippen LogP contribution in [0.1, 0.15) is 32.1 Å². The Morgan fingerprint density at radius 3 is 2.92 bits per heavy atom. The normalized spacial score (nSPS) is 26.6. The second kappa shape index (κ2) is 7.43. The van der Waals surface area contributed by atoms with E-state index in [1.807, 2.05) is 4.90 Å². The van der Waals surface area contributed by atoms with Crippen LogP contribution in [0.5, 0.6) is 0 Å². The van der Waals surface area contributed by atoms with E-state index < -0.39 is 9.84 Å². The van der Waals surface area contributed by atoms with Crippen molar-refractivity contribution >= 4 is 27.5 Å². The molecule has 0 aromatic carbocycles. The van der Waals surface area contributed by atoms with Gasteiger partial charge in [0, 0.05) is 19.5 Å². The van der Waals surface area contributed by atoms with Crippen molar-refractivity contribution in [3.8, 4) is 0 Å². The zero-order chi connectivity index (χ0) is 17.2. The molecule has 0 N–H and O–H groups in total. The first-order valence-corrected chi connectivity index (χ1v) is 11.2. The summed E-state index contributed by atoms with van der Waals surface area (Å²) < 4.78 is 28.5. The smallest absolute Gasteiger partial charge is 0.277 e. The molecule has 9 heteroatoms. The number of nitrogens with zero attached hydrogens (tertiary/aromatic N) is 3. The van der Waals surface area contributed by atoms with E-state index in [4.69, 9.17) is 4.42 Å². The standard InChI is InChI=1S/C15H23N3O4S2/c1-11-3-2-5-18(8-11)14(19)9-23-15-17-16-13(22-15)7-12-4-6-24(20,21)10-12/h11-12H,2-10H2,1H3/t11-,12-/m0/s1. The Balaban J connectivity index is 1.47. The van der Waals surface area contributed by atoms with Crippen LogP contribution in [0.15, 0.2) is 9.64 Å². The number of rotatable bonds is 5. The molecule has 2 aliphatic heterocycles. The molecule has 0 radical (unpaired) electrons. The van der Waals surface area contributed by atoms with Crippen molar-refractivity contribution in [3.05, 3.63) is 5.89 Å². The minimum Gasteiger partial charge on any atom is -0.416 e. The van der Waals surface area contributed by atoms with Gasteiger partial charge in [-0.25, -0.2) is 8.42 Å². The van der Waals surface area contributed by atoms with Crippen LogP contribution in [0.25, 0.3) is 0 Å². The summed E-state index contributed by atoms with van der Waals surface area (Å²) in [7, 11) is -2.89. The molecule has 1 aromatic heterocycles. The lowest BCUT2D eigenvalue weighted by molar-refractivity contribution is -0.130. The maximum atomic E-state index is 12.2. The quantitative estimate of drug-likeness (QED) is 0.720. The molecule has 0 aliphatic carbocycles. The Bertz CT molecular complexity index is 689. The van der Waals surface area contributed by atoms with Crippen molar-refractivity contribution in [1.29, 1.82) is 0 Å². The van der Waals surface area contributed by atoms with Gasteiger partial charge in [-0.1, -0.05) is 18.7 Å². The SMILES string of the molecule is C[C@H]1CCCN(C(=O)CSc2nnc(C[C@@H]3CCS(=O)(=O)C3)o2)C1. The van der Waals surface area contributed by atoms with Crippen molar-refractivity contribution in [2.45, 2.75) is 37.8 Å². The third-order valence-electron chi connectivity index (χ3n) is 4.57. The molecule has 2 atom stereocenters. The van der Waals surface area contributed by atoms with Gasteiger partial charge in [-0.2, -0.15) is 0 Å². The minimum absolute atomic E-state index is 0.0600. The highest BCUT2D eigenvalue weighted by atomic mass is 32.2. The van der Waals surface area contributed by atoms with E-state index in [0.29, 0.717) is 35.6 Å². The number of carbonyl (C=O) groups excluding carboxylic acids is 1. The van der Waals surface area contributed by atoms with E-state index in [9.17, 15) is 13.2 Å². The summed E-state index contributed by atoms with van der Waals surface area (Å²) in [5.41, 5.74) is 0. The number of carbonyl (C=O) groups is 1. The molecule has 24 heavy (non-hydrogen) atoms. The lowest BCUT2D eigenvalue weighted by Crippen LogP contribution is -2.40. The van der Waals surface area contributed by atoms with Gasteiger partial charge < -0.3 is 9.32 Å². The Morgan fingerprint density at radius 1 is 1.38 bits per heavy atom. The molecule has 0 unspecified atom stereocenters. The third kappa shape index (κ3) is 4.72. The predicted octanol–water partition coefficient (Wildman–Crippen LogP) is 1.40. The fourth-order valence-corrected chi connectivity index (χ4v) is 5.83. The van der Waals surface area contributed by atoms with Crippen LogP contribution in [-0.4, -0.2) is 59.8 Å². The van der Waals surface area contributed by atoms with Gasteiger partial charge in [0.1, 0.15) is 0 Å². The number of amides is 1. The summed E-state index contributed by atoms with van der Waals surface area (Å²) in [6, 6.07) is 0. The average Bonchev–Trinajstić information content (AvgIpc) is 3.11. The Morgan fingerprint density at radius 2 is 2.21 bits per heavy atom. The van der Waals surface area contributed by atoms with Gasteiger partial charge >= 0.3 is 0 Å². The highest BCUT2D eigenvalue weighted by Crippen LogP contribution is 2.24. The van der Waals surface area contributed by atoms with Crippen LogP contribution in [0.2, 0.25) is 0 Å². The van der Waals surface area contributed by atoms with Crippen molar-refractivity contribution in [2.24, 2.45) is 11.8 Å². The summed E-state index contributed by atoms with van der Waals surface area (Å²) >= 11 is 1.25. The lowest BCUT2D eigenvalue weighted by atomic mass is 10.0. The number of aromatic nitrogens is 2. The molecule has 2 fully saturated rings. The number of sulfone groups is 1. The van der Waals surface area contributed by atoms with E-state index in [2.05, 4.69) is 17.1 Å². The van der Waals surface area contributed by atoms with Crippen LogP contribution in [0.4, 0.5) is 0 Å². The minimum atomic E-state index is -2.89. The van der Waals surface area contributed by atoms with Crippen LogP contribution < -0.4 is 0 Å². The van der Waals surface area contributed by atoms with Crippen molar-refractivity contribution in [3.63, 3.8) is 0 Å². The fourth-order valence-electron chi connectivity index (χ4n) is 3.29. The summed E-state index contributed by atoms with van der Waals surface area (Å²) in [5.74, 6) is 1.92. The number of hydrogen-bond acceptors (Lipinski definition) is 7. The molecule has 7 nitrogen and oxygen atoms in total. The third-order valence-corrected chi connectivity index (χ3v) is 7.21. The first kappa shape index (κ1) is 17.7. The number of thioether (sulfide) groups is 1. The van der Waals surface area contributed by atoms with Crippen molar-refractivity contribution in [1.82, 2.24) is 15.1 Å². The molecule has 134 valence electrons. The highest BCUT2D eigenvalue weighted by Gasteiger charge is 2.29. The van der Waals surface area contributed by atoms with Gasteiger partial charge in [0.2, 0.25) is 11.8 Å². The first-order chi connectivity index (χ1) is 11.4. The largest absolute Gasteiger partial charge is 0.416 e. The molecule has 2 aliphatic rings. The average molecular weight is 374 g/mol. The second-order valence-corrected chi connectivity index (χ2v) is 9.97. The fraction of sp³-hybridized carbons (Fsp3) is 0.800. The topological polar surface area (TPSA) is 93.4 Å². The van der Waals surface area contributed by atoms with Crippen LogP contribution in [-0.2, 0) is 21.1 Å². The van der Waals surface area contributed by atoms with Crippen LogP contribution >= 0.6 is 11.8 Å². The van der Waals surface area contributed by atoms with Crippen LogP contribution in [0, 0.1) is 11.8 Å². The van der Waals surface area contributed by atoms with E-state index in [-0.39, 0.29) is 23.3 Å². The monoisotopic (exact) mass is 373 g/mol. The summed E-state index contributed by atoms with van der Waals surface area (Å²) in [4.78, 5) is 14.1. The summed E-state index contributed by atoms with van der Waals surface area (Å²) in [6.45, 7) is 3.82. The molecule has 0 saturated carbocycles. The molecule has 1 aromatic rings. The number of piperidine rings is 1. The highest BCUT2D eigenvalue weighted by molar-refractivity contribution is 7.99. The maximum Gasteiger partial charge on any atom is 0.277 e. The molecule has 1 amide bonds. The number of hydrogen-bond donors (Lipinski definition) is 0. The van der Waals surface area contributed by atoms with Crippen molar-refractivity contribution in [2.75, 3.05) is 30.3 Å². The van der Waals surface area contributed by atoms with Gasteiger partial charge in [-0.3, -0.25) is 4.79 Å².